The van der Waals surface area contributed by atoms with Crippen LogP contribution in [0.4, 0.5) is 0 Å². The van der Waals surface area contributed by atoms with Crippen LogP contribution >= 0.6 is 12.4 Å². The Balaban J connectivity index is 0. The molecule has 4 nitrogen and oxygen atoms in total. The second-order valence-corrected chi connectivity index (χ2v) is 1.66. The maximum Gasteiger partial charge on any atom is 0.187 e. The van der Waals surface area contributed by atoms with Gasteiger partial charge in [-0.3, -0.25) is 5.41 Å². The zero-order valence-corrected chi connectivity index (χ0v) is 6.99. The molecule has 0 aliphatic carbocycles. The van der Waals surface area contributed by atoms with E-state index in [9.17, 15) is 0 Å². The molecule has 10 heavy (non-hydrogen) atoms. The van der Waals surface area contributed by atoms with Crippen LogP contribution in [0, 0.1) is 5.41 Å². The summed E-state index contributed by atoms with van der Waals surface area (Å²) in [4.78, 5) is 0. The summed E-state index contributed by atoms with van der Waals surface area (Å²) in [5.74, 6) is -0.0593. The first-order valence-electron chi connectivity index (χ1n) is 2.89. The van der Waals surface area contributed by atoms with E-state index in [2.05, 4.69) is 5.32 Å². The summed E-state index contributed by atoms with van der Waals surface area (Å²) < 4.78 is 5.02. The zero-order valence-electron chi connectivity index (χ0n) is 6.18. The molecule has 5 heteroatoms. The molecule has 0 aromatic carbocycles. The van der Waals surface area contributed by atoms with Crippen LogP contribution in [0.25, 0.3) is 0 Å². The molecule has 1 atom stereocenters. The molecule has 62 valence electrons. The standard InChI is InChI=1S/C5H13N3O.ClH/c1-3-9-4(2)8-5(6)7;/h4H,3H2,1-2H3,(H4,6,7,8);1H. The van der Waals surface area contributed by atoms with Crippen molar-refractivity contribution in [3.63, 3.8) is 0 Å². The Morgan fingerprint density at radius 3 is 2.60 bits per heavy atom. The minimum Gasteiger partial charge on any atom is -0.370 e. The van der Waals surface area contributed by atoms with Crippen LogP contribution in [0.15, 0.2) is 0 Å². The Kier molecular flexibility index (Phi) is 8.11. The molecule has 0 aliphatic heterocycles. The van der Waals surface area contributed by atoms with E-state index in [4.69, 9.17) is 15.9 Å². The molecule has 0 radical (unpaired) electrons. The van der Waals surface area contributed by atoms with Crippen LogP contribution in [0.1, 0.15) is 13.8 Å². The van der Waals surface area contributed by atoms with Crippen LogP contribution in [-0.4, -0.2) is 18.8 Å². The van der Waals surface area contributed by atoms with Crippen LogP contribution in [0.3, 0.4) is 0 Å². The van der Waals surface area contributed by atoms with E-state index < -0.39 is 0 Å². The average molecular weight is 168 g/mol. The van der Waals surface area contributed by atoms with E-state index >= 15 is 0 Å². The summed E-state index contributed by atoms with van der Waals surface area (Å²) >= 11 is 0. The number of rotatable bonds is 3. The first kappa shape index (κ1) is 12.2. The Hall–Kier alpha value is -0.480. The second-order valence-electron chi connectivity index (χ2n) is 1.66. The highest BCUT2D eigenvalue weighted by atomic mass is 35.5. The van der Waals surface area contributed by atoms with Gasteiger partial charge < -0.3 is 15.8 Å². The fourth-order valence-electron chi connectivity index (χ4n) is 0.511. The van der Waals surface area contributed by atoms with Crippen molar-refractivity contribution in [3.8, 4) is 0 Å². The van der Waals surface area contributed by atoms with Crippen molar-refractivity contribution in [2.75, 3.05) is 6.61 Å². The van der Waals surface area contributed by atoms with E-state index in [0.29, 0.717) is 6.61 Å². The van der Waals surface area contributed by atoms with Crippen LogP contribution in [0.5, 0.6) is 0 Å². The van der Waals surface area contributed by atoms with E-state index in [0.717, 1.165) is 0 Å². The van der Waals surface area contributed by atoms with Gasteiger partial charge in [0.2, 0.25) is 0 Å². The highest BCUT2D eigenvalue weighted by Gasteiger charge is 1.97. The van der Waals surface area contributed by atoms with E-state index in [1.54, 1.807) is 6.92 Å². The number of hydrogen-bond donors (Lipinski definition) is 3. The smallest absolute Gasteiger partial charge is 0.187 e. The number of halogens is 1. The lowest BCUT2D eigenvalue weighted by atomic mass is 10.6. The van der Waals surface area contributed by atoms with Crippen molar-refractivity contribution < 1.29 is 4.74 Å². The highest BCUT2D eigenvalue weighted by Crippen LogP contribution is 1.81. The number of hydrogen-bond acceptors (Lipinski definition) is 2. The third kappa shape index (κ3) is 7.52. The minimum absolute atomic E-state index is 0. The monoisotopic (exact) mass is 167 g/mol. The first-order chi connectivity index (χ1) is 4.16. The normalized spacial score (nSPS) is 11.4. The lowest BCUT2D eigenvalue weighted by molar-refractivity contribution is 0.0659. The van der Waals surface area contributed by atoms with Crippen molar-refractivity contribution >= 4 is 18.4 Å². The van der Waals surface area contributed by atoms with Crippen molar-refractivity contribution in [2.24, 2.45) is 5.73 Å². The van der Waals surface area contributed by atoms with Gasteiger partial charge in [0, 0.05) is 6.61 Å². The van der Waals surface area contributed by atoms with Crippen LogP contribution in [-0.2, 0) is 4.74 Å². The fraction of sp³-hybridized carbons (Fsp3) is 0.800. The van der Waals surface area contributed by atoms with Gasteiger partial charge in [-0.15, -0.1) is 12.4 Å². The molecule has 0 saturated heterocycles. The fourth-order valence-corrected chi connectivity index (χ4v) is 0.511. The van der Waals surface area contributed by atoms with E-state index in [-0.39, 0.29) is 24.6 Å². The SMILES string of the molecule is CCOC(C)NC(=N)N.Cl. The topological polar surface area (TPSA) is 71.1 Å². The van der Waals surface area contributed by atoms with Gasteiger partial charge in [0.05, 0.1) is 0 Å². The summed E-state index contributed by atoms with van der Waals surface area (Å²) in [7, 11) is 0. The Bertz CT molecular complexity index is 98.9. The minimum atomic E-state index is -0.160. The lowest BCUT2D eigenvalue weighted by Crippen LogP contribution is -2.38. The van der Waals surface area contributed by atoms with Gasteiger partial charge in [0.25, 0.3) is 0 Å². The van der Waals surface area contributed by atoms with Crippen LogP contribution < -0.4 is 11.1 Å². The largest absolute Gasteiger partial charge is 0.370 e. The Morgan fingerprint density at radius 2 is 2.30 bits per heavy atom. The molecule has 0 aromatic rings. The predicted octanol–water partition coefficient (Wildman–Crippen LogP) is 0.274. The van der Waals surface area contributed by atoms with Gasteiger partial charge >= 0.3 is 0 Å². The third-order valence-corrected chi connectivity index (χ3v) is 0.775. The van der Waals surface area contributed by atoms with Gasteiger partial charge in [-0.2, -0.15) is 0 Å². The average Bonchev–Trinajstić information content (AvgIpc) is 1.63. The van der Waals surface area contributed by atoms with Crippen molar-refractivity contribution in [1.82, 2.24) is 5.32 Å². The maximum absolute atomic E-state index is 6.79. The molecule has 4 N–H and O–H groups in total. The lowest BCUT2D eigenvalue weighted by Gasteiger charge is -2.12. The van der Waals surface area contributed by atoms with Crippen LogP contribution in [0.2, 0.25) is 0 Å². The number of nitrogens with two attached hydrogens (primary N) is 1. The molecule has 0 heterocycles. The maximum atomic E-state index is 6.79. The summed E-state index contributed by atoms with van der Waals surface area (Å²) in [6.07, 6.45) is -0.160. The Labute approximate surface area is 67.0 Å². The molecule has 0 aromatic heterocycles. The van der Waals surface area contributed by atoms with Crippen molar-refractivity contribution in [1.29, 1.82) is 5.41 Å². The summed E-state index contributed by atoms with van der Waals surface area (Å²) in [5, 5.41) is 9.37. The predicted molar refractivity (Wildman–Crippen MR) is 43.4 cm³/mol. The van der Waals surface area contributed by atoms with Gasteiger partial charge in [0.15, 0.2) is 5.96 Å². The molecule has 0 rings (SSSR count). The van der Waals surface area contributed by atoms with Gasteiger partial charge in [-0.05, 0) is 13.8 Å². The molecule has 0 saturated carbocycles. The first-order valence-corrected chi connectivity index (χ1v) is 2.89. The van der Waals surface area contributed by atoms with E-state index in [1.807, 2.05) is 6.92 Å². The highest BCUT2D eigenvalue weighted by molar-refractivity contribution is 5.85. The Morgan fingerprint density at radius 1 is 1.80 bits per heavy atom. The number of ether oxygens (including phenoxy) is 1. The summed E-state index contributed by atoms with van der Waals surface area (Å²) in [6, 6.07) is 0. The second kappa shape index (κ2) is 6.64. The molecule has 1 unspecified atom stereocenters. The summed E-state index contributed by atoms with van der Waals surface area (Å²) in [6.45, 7) is 4.31. The van der Waals surface area contributed by atoms with E-state index in [1.165, 1.54) is 0 Å². The molecule has 0 spiro atoms. The van der Waals surface area contributed by atoms with Gasteiger partial charge in [-0.25, -0.2) is 0 Å². The third-order valence-electron chi connectivity index (χ3n) is 0.775. The molecular weight excluding hydrogens is 154 g/mol. The molecule has 0 amide bonds. The molecular formula is C5H14ClN3O. The molecule has 0 aliphatic rings. The van der Waals surface area contributed by atoms with Gasteiger partial charge in [-0.1, -0.05) is 0 Å². The summed E-state index contributed by atoms with van der Waals surface area (Å²) in [5.41, 5.74) is 5.02. The zero-order chi connectivity index (χ0) is 7.28. The van der Waals surface area contributed by atoms with Crippen molar-refractivity contribution in [3.05, 3.63) is 0 Å². The molecule has 0 fully saturated rings. The van der Waals surface area contributed by atoms with Gasteiger partial charge in [0.1, 0.15) is 6.23 Å². The quantitative estimate of drug-likeness (QED) is 0.321. The number of nitrogens with one attached hydrogen (secondary N) is 2. The van der Waals surface area contributed by atoms with Crippen molar-refractivity contribution in [2.45, 2.75) is 20.1 Å². The number of guanidine groups is 1. The molecule has 0 bridgehead atoms.